The molecule has 8 heavy (non-hydrogen) atoms. The molecule has 46 valence electrons. The van der Waals surface area contributed by atoms with Gasteiger partial charge < -0.3 is 5.11 Å². The topological polar surface area (TPSA) is 20.2 Å². The Kier molecular flexibility index (Phi) is 1.69. The van der Waals surface area contributed by atoms with Gasteiger partial charge in [-0.15, -0.1) is 0 Å². The summed E-state index contributed by atoms with van der Waals surface area (Å²) < 4.78 is 0. The first kappa shape index (κ1) is 5.83. The van der Waals surface area contributed by atoms with Crippen LogP contribution in [0.5, 0.6) is 0 Å². The van der Waals surface area contributed by atoms with Gasteiger partial charge in [0.2, 0.25) is 0 Å². The van der Waals surface area contributed by atoms with Crippen LogP contribution in [0.25, 0.3) is 0 Å². The van der Waals surface area contributed by atoms with E-state index in [1.165, 1.54) is 12.0 Å². The molecule has 1 N–H and O–H groups in total. The molecule has 0 unspecified atom stereocenters. The smallest absolute Gasteiger partial charge is 0.0723 e. The number of aliphatic hydroxyl groups is 1. The Morgan fingerprint density at radius 2 is 2.50 bits per heavy atom. The van der Waals surface area contributed by atoms with E-state index in [0.29, 0.717) is 0 Å². The van der Waals surface area contributed by atoms with Crippen molar-refractivity contribution < 1.29 is 5.11 Å². The van der Waals surface area contributed by atoms with E-state index in [0.717, 1.165) is 12.8 Å². The van der Waals surface area contributed by atoms with Gasteiger partial charge in [-0.2, -0.15) is 0 Å². The van der Waals surface area contributed by atoms with Gasteiger partial charge in [0, 0.05) is 0 Å². The predicted molar refractivity (Wildman–Crippen MR) is 33.6 cm³/mol. The van der Waals surface area contributed by atoms with Crippen molar-refractivity contribution in [1.29, 1.82) is 0 Å². The van der Waals surface area contributed by atoms with Crippen molar-refractivity contribution in [3.8, 4) is 0 Å². The molecule has 0 aromatic heterocycles. The van der Waals surface area contributed by atoms with Crippen molar-refractivity contribution in [3.63, 3.8) is 0 Å². The quantitative estimate of drug-likeness (QED) is 0.470. The number of hydrogen-bond donors (Lipinski definition) is 1. The lowest BCUT2D eigenvalue weighted by molar-refractivity contribution is 0.202. The average molecular weight is 112 g/mol. The standard InChI is InChI=1S/C7H12O/c1-6-3-2-4-7(8)5-6/h5,7-8H,2-4H2,1H3/t7-/m1/s1. The Balaban J connectivity index is 2.50. The number of aliphatic hydroxyl groups excluding tert-OH is 1. The highest BCUT2D eigenvalue weighted by Crippen LogP contribution is 2.16. The van der Waals surface area contributed by atoms with Crippen LogP contribution >= 0.6 is 0 Å². The molecule has 0 bridgehead atoms. The number of hydrogen-bond acceptors (Lipinski definition) is 1. The molecule has 1 nitrogen and oxygen atoms in total. The summed E-state index contributed by atoms with van der Waals surface area (Å²) in [7, 11) is 0. The van der Waals surface area contributed by atoms with Gasteiger partial charge in [0.25, 0.3) is 0 Å². The third kappa shape index (κ3) is 1.34. The molecule has 1 aliphatic rings. The highest BCUT2D eigenvalue weighted by atomic mass is 16.3. The maximum absolute atomic E-state index is 9.00. The minimum atomic E-state index is -0.149. The largest absolute Gasteiger partial charge is 0.389 e. The molecule has 1 atom stereocenters. The molecule has 0 aromatic rings. The second-order valence-corrected chi connectivity index (χ2v) is 2.47. The lowest BCUT2D eigenvalue weighted by atomic mass is 9.99. The van der Waals surface area contributed by atoms with Gasteiger partial charge in [-0.1, -0.05) is 11.6 Å². The first-order valence-corrected chi connectivity index (χ1v) is 3.14. The van der Waals surface area contributed by atoms with Crippen molar-refractivity contribution in [2.75, 3.05) is 0 Å². The zero-order chi connectivity index (χ0) is 5.98. The summed E-state index contributed by atoms with van der Waals surface area (Å²) in [5.74, 6) is 0. The lowest BCUT2D eigenvalue weighted by Gasteiger charge is -2.12. The van der Waals surface area contributed by atoms with Crippen LogP contribution in [0.3, 0.4) is 0 Å². The Hall–Kier alpha value is -0.300. The SMILES string of the molecule is CC1=C[C@H](O)CCC1. The minimum absolute atomic E-state index is 0.149. The molecule has 0 radical (unpaired) electrons. The zero-order valence-corrected chi connectivity index (χ0v) is 5.22. The van der Waals surface area contributed by atoms with Crippen LogP contribution in [0, 0.1) is 0 Å². The van der Waals surface area contributed by atoms with Crippen molar-refractivity contribution in [2.24, 2.45) is 0 Å². The van der Waals surface area contributed by atoms with Crippen LogP contribution in [0.2, 0.25) is 0 Å². The average Bonchev–Trinajstić information content (AvgIpc) is 1.64. The third-order valence-electron chi connectivity index (χ3n) is 1.55. The van der Waals surface area contributed by atoms with Crippen LogP contribution in [0.4, 0.5) is 0 Å². The Bertz CT molecular complexity index is 105. The van der Waals surface area contributed by atoms with Crippen LogP contribution in [0.1, 0.15) is 26.2 Å². The van der Waals surface area contributed by atoms with E-state index in [2.05, 4.69) is 6.92 Å². The van der Waals surface area contributed by atoms with Crippen LogP contribution in [-0.4, -0.2) is 11.2 Å². The van der Waals surface area contributed by atoms with E-state index in [1.807, 2.05) is 6.08 Å². The van der Waals surface area contributed by atoms with E-state index in [-0.39, 0.29) is 6.10 Å². The molecule has 0 spiro atoms. The van der Waals surface area contributed by atoms with E-state index < -0.39 is 0 Å². The highest BCUT2D eigenvalue weighted by Gasteiger charge is 2.05. The minimum Gasteiger partial charge on any atom is -0.389 e. The summed E-state index contributed by atoms with van der Waals surface area (Å²) in [5, 5.41) is 9.00. The van der Waals surface area contributed by atoms with Crippen molar-refractivity contribution >= 4 is 0 Å². The van der Waals surface area contributed by atoms with Gasteiger partial charge in [-0.05, 0) is 26.2 Å². The fraction of sp³-hybridized carbons (Fsp3) is 0.714. The fourth-order valence-corrected chi connectivity index (χ4v) is 1.09. The van der Waals surface area contributed by atoms with Crippen molar-refractivity contribution in [2.45, 2.75) is 32.3 Å². The Morgan fingerprint density at radius 3 is 2.88 bits per heavy atom. The summed E-state index contributed by atoms with van der Waals surface area (Å²) in [6.45, 7) is 2.07. The van der Waals surface area contributed by atoms with Gasteiger partial charge >= 0.3 is 0 Å². The predicted octanol–water partition coefficient (Wildman–Crippen LogP) is 1.48. The summed E-state index contributed by atoms with van der Waals surface area (Å²) in [6, 6.07) is 0. The van der Waals surface area contributed by atoms with Crippen molar-refractivity contribution in [1.82, 2.24) is 0 Å². The molecule has 0 heterocycles. The first-order valence-electron chi connectivity index (χ1n) is 3.14. The van der Waals surface area contributed by atoms with Crippen molar-refractivity contribution in [3.05, 3.63) is 11.6 Å². The molecular weight excluding hydrogens is 100 g/mol. The summed E-state index contributed by atoms with van der Waals surface area (Å²) >= 11 is 0. The van der Waals surface area contributed by atoms with Gasteiger partial charge in [0.1, 0.15) is 0 Å². The van der Waals surface area contributed by atoms with Gasteiger partial charge in [0.15, 0.2) is 0 Å². The van der Waals surface area contributed by atoms with E-state index in [4.69, 9.17) is 5.11 Å². The van der Waals surface area contributed by atoms with Crippen LogP contribution in [0.15, 0.2) is 11.6 Å². The molecule has 0 saturated carbocycles. The number of allylic oxidation sites excluding steroid dienone is 1. The monoisotopic (exact) mass is 112 g/mol. The summed E-state index contributed by atoms with van der Waals surface area (Å²) in [6.07, 6.45) is 5.09. The molecule has 0 aliphatic heterocycles. The Labute approximate surface area is 50.0 Å². The zero-order valence-electron chi connectivity index (χ0n) is 5.22. The summed E-state index contributed by atoms with van der Waals surface area (Å²) in [4.78, 5) is 0. The second-order valence-electron chi connectivity index (χ2n) is 2.47. The second kappa shape index (κ2) is 2.31. The molecule has 0 fully saturated rings. The maximum atomic E-state index is 9.00. The Morgan fingerprint density at radius 1 is 1.75 bits per heavy atom. The molecule has 0 aromatic carbocycles. The molecule has 1 heteroatoms. The first-order chi connectivity index (χ1) is 3.79. The highest BCUT2D eigenvalue weighted by molar-refractivity contribution is 5.04. The van der Waals surface area contributed by atoms with E-state index in [9.17, 15) is 0 Å². The van der Waals surface area contributed by atoms with Gasteiger partial charge in [0.05, 0.1) is 6.10 Å². The number of rotatable bonds is 0. The van der Waals surface area contributed by atoms with Crippen LogP contribution < -0.4 is 0 Å². The van der Waals surface area contributed by atoms with Gasteiger partial charge in [-0.3, -0.25) is 0 Å². The fourth-order valence-electron chi connectivity index (χ4n) is 1.09. The van der Waals surface area contributed by atoms with Gasteiger partial charge in [-0.25, -0.2) is 0 Å². The van der Waals surface area contributed by atoms with E-state index in [1.54, 1.807) is 0 Å². The van der Waals surface area contributed by atoms with Crippen LogP contribution in [-0.2, 0) is 0 Å². The third-order valence-corrected chi connectivity index (χ3v) is 1.55. The lowest BCUT2D eigenvalue weighted by Crippen LogP contribution is -2.07. The molecule has 1 rings (SSSR count). The normalized spacial score (nSPS) is 29.8. The molecule has 0 saturated heterocycles. The van der Waals surface area contributed by atoms with E-state index >= 15 is 0 Å². The molecule has 1 aliphatic carbocycles. The maximum Gasteiger partial charge on any atom is 0.0723 e. The molecule has 0 amide bonds. The molecular formula is C7H12O. The summed E-state index contributed by atoms with van der Waals surface area (Å²) in [5.41, 5.74) is 1.34.